The number of aromatic amines is 1. The molecule has 148 valence electrons. The molecular formula is C20H31N5O2. The molecule has 27 heavy (non-hydrogen) atoms. The van der Waals surface area contributed by atoms with Gasteiger partial charge in [-0.15, -0.1) is 0 Å². The first kappa shape index (κ1) is 18.7. The van der Waals surface area contributed by atoms with Gasteiger partial charge >= 0.3 is 0 Å². The molecule has 1 atom stereocenters. The van der Waals surface area contributed by atoms with Gasteiger partial charge in [0.05, 0.1) is 18.8 Å². The van der Waals surface area contributed by atoms with Crippen molar-refractivity contribution in [1.82, 2.24) is 24.9 Å². The fourth-order valence-corrected chi connectivity index (χ4v) is 4.86. The van der Waals surface area contributed by atoms with Crippen molar-refractivity contribution in [2.75, 3.05) is 32.8 Å². The van der Waals surface area contributed by atoms with Crippen LogP contribution in [0.4, 0.5) is 0 Å². The van der Waals surface area contributed by atoms with E-state index in [9.17, 15) is 5.11 Å². The highest BCUT2D eigenvalue weighted by atomic mass is 16.5. The molecular weight excluding hydrogens is 342 g/mol. The number of aryl methyl sites for hydroxylation is 2. The van der Waals surface area contributed by atoms with Crippen molar-refractivity contribution in [3.63, 3.8) is 0 Å². The minimum absolute atomic E-state index is 0.267. The topological polar surface area (TPSA) is 81.4 Å². The van der Waals surface area contributed by atoms with Crippen molar-refractivity contribution in [3.8, 4) is 0 Å². The lowest BCUT2D eigenvalue weighted by atomic mass is 9.64. The summed E-state index contributed by atoms with van der Waals surface area (Å²) in [5.74, 6) is 2.31. The van der Waals surface area contributed by atoms with Gasteiger partial charge in [-0.25, -0.2) is 4.98 Å². The summed E-state index contributed by atoms with van der Waals surface area (Å²) in [5.41, 5.74) is 2.32. The predicted molar refractivity (Wildman–Crippen MR) is 102 cm³/mol. The second-order valence-corrected chi connectivity index (χ2v) is 8.45. The number of aliphatic hydroxyl groups excluding tert-OH is 1. The van der Waals surface area contributed by atoms with E-state index in [2.05, 4.69) is 24.9 Å². The third kappa shape index (κ3) is 4.10. The van der Waals surface area contributed by atoms with E-state index in [1.165, 1.54) is 0 Å². The van der Waals surface area contributed by atoms with Crippen LogP contribution in [0.15, 0.2) is 16.8 Å². The number of nitrogens with one attached hydrogen (secondary N) is 1. The Kier molecular flexibility index (Phi) is 5.34. The fourth-order valence-electron chi connectivity index (χ4n) is 4.86. The molecule has 0 bridgehead atoms. The van der Waals surface area contributed by atoms with Gasteiger partial charge in [0.1, 0.15) is 5.82 Å². The molecule has 2 aliphatic rings. The minimum atomic E-state index is 0.267. The van der Waals surface area contributed by atoms with Crippen LogP contribution in [0.25, 0.3) is 0 Å². The first-order valence-corrected chi connectivity index (χ1v) is 10.0. The Bertz CT molecular complexity index is 739. The molecule has 2 fully saturated rings. The molecule has 0 aliphatic carbocycles. The van der Waals surface area contributed by atoms with Crippen LogP contribution in [0, 0.1) is 25.2 Å². The second kappa shape index (κ2) is 7.73. The Hall–Kier alpha value is -1.70. The standard InChI is InChI=1S/C20H31N5O2/c1-15-9-18(27-23-15)12-25-8-5-20(17(11-25)14-26)3-6-24(7-4-20)13-19-21-10-16(2)22-19/h9-10,17,26H,3-8,11-14H2,1-2H3,(H,21,22)/t17-/m1/s1. The first-order valence-electron chi connectivity index (χ1n) is 10.0. The third-order valence-corrected chi connectivity index (χ3v) is 6.53. The monoisotopic (exact) mass is 373 g/mol. The summed E-state index contributed by atoms with van der Waals surface area (Å²) in [6.45, 7) is 10.1. The van der Waals surface area contributed by atoms with Crippen molar-refractivity contribution in [1.29, 1.82) is 0 Å². The molecule has 2 aliphatic heterocycles. The van der Waals surface area contributed by atoms with Gasteiger partial charge < -0.3 is 14.6 Å². The smallest absolute Gasteiger partial charge is 0.150 e. The number of nitrogens with zero attached hydrogens (tertiary/aromatic N) is 4. The van der Waals surface area contributed by atoms with Crippen LogP contribution in [-0.4, -0.2) is 62.8 Å². The predicted octanol–water partition coefficient (Wildman–Crippen LogP) is 2.11. The Morgan fingerprint density at radius 2 is 1.93 bits per heavy atom. The van der Waals surface area contributed by atoms with Crippen molar-refractivity contribution in [2.45, 2.75) is 46.2 Å². The Labute approximate surface area is 160 Å². The van der Waals surface area contributed by atoms with Crippen LogP contribution < -0.4 is 0 Å². The van der Waals surface area contributed by atoms with Gasteiger partial charge in [-0.05, 0) is 58.2 Å². The van der Waals surface area contributed by atoms with E-state index < -0.39 is 0 Å². The number of H-pyrrole nitrogens is 1. The minimum Gasteiger partial charge on any atom is -0.396 e. The van der Waals surface area contributed by atoms with E-state index in [-0.39, 0.29) is 12.0 Å². The van der Waals surface area contributed by atoms with E-state index in [1.54, 1.807) is 0 Å². The van der Waals surface area contributed by atoms with Crippen molar-refractivity contribution in [3.05, 3.63) is 35.2 Å². The Morgan fingerprint density at radius 3 is 2.52 bits per heavy atom. The first-order chi connectivity index (χ1) is 13.1. The highest BCUT2D eigenvalue weighted by Crippen LogP contribution is 2.45. The molecule has 7 heteroatoms. The highest BCUT2D eigenvalue weighted by Gasteiger charge is 2.44. The van der Waals surface area contributed by atoms with Gasteiger partial charge in [-0.2, -0.15) is 0 Å². The molecule has 2 saturated heterocycles. The second-order valence-electron chi connectivity index (χ2n) is 8.45. The van der Waals surface area contributed by atoms with Crippen LogP contribution in [0.1, 0.15) is 42.2 Å². The van der Waals surface area contributed by atoms with E-state index in [1.807, 2.05) is 26.1 Å². The maximum absolute atomic E-state index is 10.1. The molecule has 4 rings (SSSR count). The third-order valence-electron chi connectivity index (χ3n) is 6.53. The number of piperidine rings is 2. The largest absolute Gasteiger partial charge is 0.396 e. The van der Waals surface area contributed by atoms with Crippen molar-refractivity contribution >= 4 is 0 Å². The summed E-state index contributed by atoms with van der Waals surface area (Å²) in [5, 5.41) is 14.1. The molecule has 0 amide bonds. The molecule has 0 unspecified atom stereocenters. The maximum Gasteiger partial charge on any atom is 0.150 e. The summed E-state index contributed by atoms with van der Waals surface area (Å²) in [7, 11) is 0. The van der Waals surface area contributed by atoms with Crippen LogP contribution in [0.2, 0.25) is 0 Å². The molecule has 0 aromatic carbocycles. The summed E-state index contributed by atoms with van der Waals surface area (Å²) in [4.78, 5) is 12.7. The van der Waals surface area contributed by atoms with Gasteiger partial charge in [-0.1, -0.05) is 5.16 Å². The van der Waals surface area contributed by atoms with Crippen molar-refractivity contribution < 1.29 is 9.63 Å². The van der Waals surface area contributed by atoms with Crippen LogP contribution in [0.5, 0.6) is 0 Å². The number of aromatic nitrogens is 3. The van der Waals surface area contributed by atoms with Crippen LogP contribution in [-0.2, 0) is 13.1 Å². The number of imidazole rings is 1. The molecule has 0 saturated carbocycles. The maximum atomic E-state index is 10.1. The van der Waals surface area contributed by atoms with Gasteiger partial charge in [0, 0.05) is 37.0 Å². The highest BCUT2D eigenvalue weighted by molar-refractivity contribution is 5.04. The van der Waals surface area contributed by atoms with E-state index in [0.717, 1.165) is 81.5 Å². The molecule has 0 radical (unpaired) electrons. The normalized spacial score (nSPS) is 23.9. The molecule has 2 aromatic heterocycles. The fraction of sp³-hybridized carbons (Fsp3) is 0.700. The summed E-state index contributed by atoms with van der Waals surface area (Å²) in [6.07, 6.45) is 5.37. The number of aliphatic hydroxyl groups is 1. The summed E-state index contributed by atoms with van der Waals surface area (Å²) in [6, 6.07) is 2.01. The van der Waals surface area contributed by atoms with E-state index in [4.69, 9.17) is 4.52 Å². The van der Waals surface area contributed by atoms with E-state index in [0.29, 0.717) is 5.92 Å². The SMILES string of the molecule is Cc1cc(CN2CCC3(CCN(Cc4ncc(C)[nH]4)CC3)[C@@H](CO)C2)on1. The quantitative estimate of drug-likeness (QED) is 0.835. The number of hydrogen-bond donors (Lipinski definition) is 2. The zero-order valence-electron chi connectivity index (χ0n) is 16.4. The Balaban J connectivity index is 1.33. The van der Waals surface area contributed by atoms with Gasteiger partial charge in [0.15, 0.2) is 5.76 Å². The van der Waals surface area contributed by atoms with Gasteiger partial charge in [-0.3, -0.25) is 9.80 Å². The van der Waals surface area contributed by atoms with E-state index >= 15 is 0 Å². The number of likely N-dealkylation sites (tertiary alicyclic amines) is 2. The molecule has 2 aromatic rings. The Morgan fingerprint density at radius 1 is 1.19 bits per heavy atom. The lowest BCUT2D eigenvalue weighted by Crippen LogP contribution is -2.53. The summed E-state index contributed by atoms with van der Waals surface area (Å²) < 4.78 is 5.38. The average Bonchev–Trinajstić information content (AvgIpc) is 3.26. The number of hydrogen-bond acceptors (Lipinski definition) is 6. The van der Waals surface area contributed by atoms with Gasteiger partial charge in [0.25, 0.3) is 0 Å². The number of rotatable bonds is 5. The zero-order chi connectivity index (χ0) is 18.9. The van der Waals surface area contributed by atoms with Crippen molar-refractivity contribution in [2.24, 2.45) is 11.3 Å². The van der Waals surface area contributed by atoms with Crippen LogP contribution >= 0.6 is 0 Å². The lowest BCUT2D eigenvalue weighted by Gasteiger charge is -2.51. The molecule has 2 N–H and O–H groups in total. The van der Waals surface area contributed by atoms with Gasteiger partial charge in [0.2, 0.25) is 0 Å². The lowest BCUT2D eigenvalue weighted by molar-refractivity contribution is -0.0468. The van der Waals surface area contributed by atoms with Crippen LogP contribution in [0.3, 0.4) is 0 Å². The average molecular weight is 374 g/mol. The zero-order valence-corrected chi connectivity index (χ0v) is 16.4. The molecule has 1 spiro atoms. The summed E-state index contributed by atoms with van der Waals surface area (Å²) >= 11 is 0. The molecule has 4 heterocycles. The molecule has 7 nitrogen and oxygen atoms in total.